The fourth-order valence-electron chi connectivity index (χ4n) is 2.85. The predicted octanol–water partition coefficient (Wildman–Crippen LogP) is 3.54. The number of pyridine rings is 1. The van der Waals surface area contributed by atoms with Gasteiger partial charge in [-0.2, -0.15) is 0 Å². The standard InChI is InChI=1S/C16H26N2O/c1-12(2)11-18(15-6-4-5-7-15)16-9-8-14(10-17-16)13(3)19/h8-10,12-13,15,19H,4-7,11H2,1-3H3/t13-/m0/s1. The Labute approximate surface area is 116 Å². The molecule has 0 amide bonds. The van der Waals surface area contributed by atoms with Crippen LogP contribution in [-0.4, -0.2) is 22.7 Å². The van der Waals surface area contributed by atoms with Crippen LogP contribution in [0.2, 0.25) is 0 Å². The summed E-state index contributed by atoms with van der Waals surface area (Å²) >= 11 is 0. The van der Waals surface area contributed by atoms with Gasteiger partial charge in [0, 0.05) is 18.8 Å². The molecule has 0 aliphatic heterocycles. The number of anilines is 1. The van der Waals surface area contributed by atoms with Crippen LogP contribution in [0, 0.1) is 5.92 Å². The zero-order chi connectivity index (χ0) is 13.8. The molecule has 0 radical (unpaired) electrons. The molecular weight excluding hydrogens is 236 g/mol. The molecule has 1 atom stereocenters. The van der Waals surface area contributed by atoms with Crippen LogP contribution in [-0.2, 0) is 0 Å². The molecule has 19 heavy (non-hydrogen) atoms. The Morgan fingerprint density at radius 3 is 2.42 bits per heavy atom. The number of nitrogens with zero attached hydrogens (tertiary/aromatic N) is 2. The molecule has 1 saturated carbocycles. The van der Waals surface area contributed by atoms with Crippen LogP contribution in [0.3, 0.4) is 0 Å². The second kappa shape index (κ2) is 6.38. The van der Waals surface area contributed by atoms with Gasteiger partial charge in [0.25, 0.3) is 0 Å². The van der Waals surface area contributed by atoms with Crippen molar-refractivity contribution in [3.8, 4) is 0 Å². The van der Waals surface area contributed by atoms with E-state index in [2.05, 4.69) is 29.8 Å². The number of hydrogen-bond acceptors (Lipinski definition) is 3. The molecule has 2 rings (SSSR count). The quantitative estimate of drug-likeness (QED) is 0.881. The fraction of sp³-hybridized carbons (Fsp3) is 0.688. The molecule has 3 nitrogen and oxygen atoms in total. The van der Waals surface area contributed by atoms with Crippen molar-refractivity contribution in [2.24, 2.45) is 5.92 Å². The summed E-state index contributed by atoms with van der Waals surface area (Å²) in [5.74, 6) is 1.70. The molecule has 3 heteroatoms. The Morgan fingerprint density at radius 2 is 1.95 bits per heavy atom. The Bertz CT molecular complexity index is 380. The first-order valence-electron chi connectivity index (χ1n) is 7.48. The van der Waals surface area contributed by atoms with Gasteiger partial charge in [0.1, 0.15) is 5.82 Å². The molecule has 0 saturated heterocycles. The van der Waals surface area contributed by atoms with Crippen molar-refractivity contribution < 1.29 is 5.11 Å². The Balaban J connectivity index is 2.16. The summed E-state index contributed by atoms with van der Waals surface area (Å²) in [6, 6.07) is 4.70. The first-order valence-corrected chi connectivity index (χ1v) is 7.48. The summed E-state index contributed by atoms with van der Waals surface area (Å²) in [6.45, 7) is 7.35. The number of hydrogen-bond donors (Lipinski definition) is 1. The van der Waals surface area contributed by atoms with Crippen LogP contribution >= 0.6 is 0 Å². The van der Waals surface area contributed by atoms with Crippen molar-refractivity contribution in [3.05, 3.63) is 23.9 Å². The highest BCUT2D eigenvalue weighted by molar-refractivity contribution is 5.41. The van der Waals surface area contributed by atoms with E-state index in [1.807, 2.05) is 12.3 Å². The summed E-state index contributed by atoms with van der Waals surface area (Å²) < 4.78 is 0. The first kappa shape index (κ1) is 14.3. The van der Waals surface area contributed by atoms with Gasteiger partial charge in [-0.1, -0.05) is 32.8 Å². The van der Waals surface area contributed by atoms with Gasteiger partial charge in [-0.25, -0.2) is 4.98 Å². The van der Waals surface area contributed by atoms with Crippen LogP contribution in [0.1, 0.15) is 58.1 Å². The number of aliphatic hydroxyl groups is 1. The molecule has 1 heterocycles. The largest absolute Gasteiger partial charge is 0.389 e. The van der Waals surface area contributed by atoms with Crippen molar-refractivity contribution in [2.45, 2.75) is 58.6 Å². The van der Waals surface area contributed by atoms with Gasteiger partial charge in [-0.15, -0.1) is 0 Å². The van der Waals surface area contributed by atoms with E-state index < -0.39 is 6.10 Å². The number of aromatic nitrogens is 1. The van der Waals surface area contributed by atoms with Gasteiger partial charge in [0.05, 0.1) is 6.10 Å². The van der Waals surface area contributed by atoms with E-state index in [4.69, 9.17) is 0 Å². The van der Waals surface area contributed by atoms with Gasteiger partial charge in [-0.3, -0.25) is 0 Å². The fourth-order valence-corrected chi connectivity index (χ4v) is 2.85. The van der Waals surface area contributed by atoms with Crippen molar-refractivity contribution in [1.82, 2.24) is 4.98 Å². The van der Waals surface area contributed by atoms with Gasteiger partial charge < -0.3 is 10.0 Å². The van der Waals surface area contributed by atoms with Gasteiger partial charge in [-0.05, 0) is 37.3 Å². The third-order valence-electron chi connectivity index (χ3n) is 3.87. The minimum absolute atomic E-state index is 0.438. The van der Waals surface area contributed by atoms with E-state index in [-0.39, 0.29) is 0 Å². The summed E-state index contributed by atoms with van der Waals surface area (Å²) in [5.41, 5.74) is 0.889. The van der Waals surface area contributed by atoms with Crippen LogP contribution in [0.15, 0.2) is 18.3 Å². The Hall–Kier alpha value is -1.09. The van der Waals surface area contributed by atoms with Crippen molar-refractivity contribution >= 4 is 5.82 Å². The third kappa shape index (κ3) is 3.69. The van der Waals surface area contributed by atoms with Gasteiger partial charge in [0.15, 0.2) is 0 Å². The van der Waals surface area contributed by atoms with E-state index in [0.29, 0.717) is 12.0 Å². The topological polar surface area (TPSA) is 36.4 Å². The Kier molecular flexibility index (Phi) is 4.81. The maximum absolute atomic E-state index is 9.56. The smallest absolute Gasteiger partial charge is 0.128 e. The highest BCUT2D eigenvalue weighted by Gasteiger charge is 2.24. The van der Waals surface area contributed by atoms with E-state index in [0.717, 1.165) is 17.9 Å². The molecule has 0 spiro atoms. The van der Waals surface area contributed by atoms with Crippen molar-refractivity contribution in [2.75, 3.05) is 11.4 Å². The minimum Gasteiger partial charge on any atom is -0.389 e. The molecule has 1 N–H and O–H groups in total. The summed E-state index contributed by atoms with van der Waals surface area (Å²) in [6.07, 6.45) is 6.61. The predicted molar refractivity (Wildman–Crippen MR) is 79.3 cm³/mol. The average molecular weight is 262 g/mol. The second-order valence-electron chi connectivity index (χ2n) is 6.11. The van der Waals surface area contributed by atoms with Crippen LogP contribution in [0.4, 0.5) is 5.82 Å². The van der Waals surface area contributed by atoms with E-state index in [1.54, 1.807) is 6.92 Å². The highest BCUT2D eigenvalue weighted by atomic mass is 16.3. The lowest BCUT2D eigenvalue weighted by atomic mass is 10.1. The van der Waals surface area contributed by atoms with E-state index >= 15 is 0 Å². The van der Waals surface area contributed by atoms with Gasteiger partial charge >= 0.3 is 0 Å². The monoisotopic (exact) mass is 262 g/mol. The SMILES string of the molecule is CC(C)CN(c1ccc([C@H](C)O)cn1)C1CCCC1. The van der Waals surface area contributed by atoms with E-state index in [1.165, 1.54) is 25.7 Å². The molecule has 1 aliphatic rings. The normalized spacial score (nSPS) is 17.9. The average Bonchev–Trinajstić information content (AvgIpc) is 2.89. The summed E-state index contributed by atoms with van der Waals surface area (Å²) in [5, 5.41) is 9.56. The maximum Gasteiger partial charge on any atom is 0.128 e. The van der Waals surface area contributed by atoms with Crippen molar-refractivity contribution in [1.29, 1.82) is 0 Å². The molecule has 1 aromatic heterocycles. The molecule has 1 aliphatic carbocycles. The lowest BCUT2D eigenvalue weighted by Gasteiger charge is -2.31. The zero-order valence-corrected chi connectivity index (χ0v) is 12.3. The molecule has 0 aromatic carbocycles. The molecule has 0 unspecified atom stereocenters. The summed E-state index contributed by atoms with van der Waals surface area (Å²) in [4.78, 5) is 7.03. The van der Waals surface area contributed by atoms with E-state index in [9.17, 15) is 5.11 Å². The van der Waals surface area contributed by atoms with Crippen LogP contribution in [0.5, 0.6) is 0 Å². The first-order chi connectivity index (χ1) is 9.08. The number of rotatable bonds is 5. The lowest BCUT2D eigenvalue weighted by molar-refractivity contribution is 0.199. The van der Waals surface area contributed by atoms with Crippen LogP contribution < -0.4 is 4.90 Å². The van der Waals surface area contributed by atoms with Crippen molar-refractivity contribution in [3.63, 3.8) is 0 Å². The second-order valence-corrected chi connectivity index (χ2v) is 6.11. The molecule has 0 bridgehead atoms. The lowest BCUT2D eigenvalue weighted by Crippen LogP contribution is -2.36. The molecule has 1 fully saturated rings. The minimum atomic E-state index is -0.438. The maximum atomic E-state index is 9.56. The Morgan fingerprint density at radius 1 is 1.26 bits per heavy atom. The molecule has 1 aromatic rings. The van der Waals surface area contributed by atoms with Gasteiger partial charge in [0.2, 0.25) is 0 Å². The molecule has 106 valence electrons. The number of aliphatic hydroxyl groups excluding tert-OH is 1. The van der Waals surface area contributed by atoms with Crippen LogP contribution in [0.25, 0.3) is 0 Å². The third-order valence-corrected chi connectivity index (χ3v) is 3.87. The zero-order valence-electron chi connectivity index (χ0n) is 12.3. The molecular formula is C16H26N2O. The summed E-state index contributed by atoms with van der Waals surface area (Å²) in [7, 11) is 0. The highest BCUT2D eigenvalue weighted by Crippen LogP contribution is 2.28.